The summed E-state index contributed by atoms with van der Waals surface area (Å²) in [6.45, 7) is 6.06. The Labute approximate surface area is 171 Å². The van der Waals surface area contributed by atoms with Crippen LogP contribution in [0.25, 0.3) is 5.70 Å². The number of carbonyl (C=O) groups excluding carboxylic acids is 2. The molecule has 152 valence electrons. The molecule has 1 aliphatic heterocycles. The highest BCUT2D eigenvalue weighted by molar-refractivity contribution is 5.89. The number of hydrogen-bond acceptors (Lipinski definition) is 5. The summed E-state index contributed by atoms with van der Waals surface area (Å²) >= 11 is 0. The van der Waals surface area contributed by atoms with Crippen molar-refractivity contribution in [1.29, 1.82) is 0 Å². The number of hydroxylamine groups is 1. The summed E-state index contributed by atoms with van der Waals surface area (Å²) in [6.07, 6.45) is 1.06. The van der Waals surface area contributed by atoms with Gasteiger partial charge in [-0.3, -0.25) is 4.90 Å². The number of allylic oxidation sites excluding steroid dienone is 1. The summed E-state index contributed by atoms with van der Waals surface area (Å²) in [7, 11) is 0. The number of likely N-dealkylation sites (tertiary alicyclic amines) is 1. The molecule has 1 N–H and O–H groups in total. The average molecular weight is 394 g/mol. The number of hydrogen-bond donors (Lipinski definition) is 1. The van der Waals surface area contributed by atoms with Crippen molar-refractivity contribution < 1.29 is 19.2 Å². The maximum atomic E-state index is 12.7. The lowest BCUT2D eigenvalue weighted by Crippen LogP contribution is -2.35. The number of rotatable bonds is 4. The molecule has 29 heavy (non-hydrogen) atoms. The van der Waals surface area contributed by atoms with E-state index in [1.54, 1.807) is 29.2 Å². The molecule has 0 atom stereocenters. The molecule has 1 heterocycles. The molecule has 0 aromatic heterocycles. The number of amides is 1. The molecule has 0 saturated carbocycles. The molecule has 3 rings (SSSR count). The molecule has 1 amide bonds. The van der Waals surface area contributed by atoms with E-state index in [2.05, 4.69) is 5.48 Å². The van der Waals surface area contributed by atoms with Crippen LogP contribution in [0.4, 0.5) is 4.79 Å². The second kappa shape index (κ2) is 8.82. The van der Waals surface area contributed by atoms with Gasteiger partial charge in [-0.25, -0.2) is 15.1 Å². The smallest absolute Gasteiger partial charge is 0.414 e. The van der Waals surface area contributed by atoms with Gasteiger partial charge in [0.05, 0.1) is 17.0 Å². The number of nitrogens with one attached hydrogen (secondary N) is 1. The first-order chi connectivity index (χ1) is 13.8. The van der Waals surface area contributed by atoms with Crippen molar-refractivity contribution in [2.45, 2.75) is 39.2 Å². The van der Waals surface area contributed by atoms with Crippen LogP contribution in [-0.2, 0) is 9.57 Å². The zero-order chi connectivity index (χ0) is 20.9. The van der Waals surface area contributed by atoms with Gasteiger partial charge in [0.25, 0.3) is 0 Å². The molecule has 1 aliphatic rings. The Hall–Kier alpha value is -3.28. The highest BCUT2D eigenvalue weighted by atomic mass is 16.7. The summed E-state index contributed by atoms with van der Waals surface area (Å²) in [5.74, 6) is -0.499. The van der Waals surface area contributed by atoms with Crippen LogP contribution in [-0.4, -0.2) is 29.1 Å². The molecule has 0 bridgehead atoms. The van der Waals surface area contributed by atoms with Crippen LogP contribution >= 0.6 is 0 Å². The van der Waals surface area contributed by atoms with Gasteiger partial charge in [0.15, 0.2) is 0 Å². The van der Waals surface area contributed by atoms with E-state index in [4.69, 9.17) is 9.57 Å². The van der Waals surface area contributed by atoms with E-state index < -0.39 is 17.7 Å². The van der Waals surface area contributed by atoms with Crippen LogP contribution in [0.1, 0.15) is 49.5 Å². The summed E-state index contributed by atoms with van der Waals surface area (Å²) < 4.78 is 5.55. The third-order valence-electron chi connectivity index (χ3n) is 4.34. The zero-order valence-electron chi connectivity index (χ0n) is 17.0. The van der Waals surface area contributed by atoms with Gasteiger partial charge in [-0.1, -0.05) is 48.5 Å². The highest BCUT2D eigenvalue weighted by Gasteiger charge is 2.31. The van der Waals surface area contributed by atoms with E-state index in [-0.39, 0.29) is 0 Å². The molecule has 0 radical (unpaired) electrons. The van der Waals surface area contributed by atoms with Crippen molar-refractivity contribution in [2.75, 3.05) is 6.54 Å². The van der Waals surface area contributed by atoms with Crippen LogP contribution in [0.15, 0.2) is 66.4 Å². The zero-order valence-corrected chi connectivity index (χ0v) is 17.0. The number of carbonyl (C=O) groups is 2. The first-order valence-electron chi connectivity index (χ1n) is 9.66. The molecule has 6 heteroatoms. The second-order valence-corrected chi connectivity index (χ2v) is 7.78. The van der Waals surface area contributed by atoms with Crippen LogP contribution in [0, 0.1) is 0 Å². The van der Waals surface area contributed by atoms with Gasteiger partial charge in [0.1, 0.15) is 5.60 Å². The van der Waals surface area contributed by atoms with E-state index >= 15 is 0 Å². The maximum Gasteiger partial charge on any atom is 0.414 e. The molecule has 6 nitrogen and oxygen atoms in total. The average Bonchev–Trinajstić information content (AvgIpc) is 3.18. The minimum absolute atomic E-state index is 0.408. The minimum Gasteiger partial charge on any atom is -0.443 e. The van der Waals surface area contributed by atoms with Gasteiger partial charge in [-0.05, 0) is 45.7 Å². The van der Waals surface area contributed by atoms with E-state index in [1.165, 1.54) is 0 Å². The molecular formula is C23H26N2O4. The fraction of sp³-hybridized carbons (Fsp3) is 0.304. The summed E-state index contributed by atoms with van der Waals surface area (Å²) in [5.41, 5.74) is 4.79. The molecule has 0 spiro atoms. The molecule has 0 aliphatic carbocycles. The Morgan fingerprint density at radius 1 is 0.931 bits per heavy atom. The minimum atomic E-state index is -0.592. The summed E-state index contributed by atoms with van der Waals surface area (Å²) in [4.78, 5) is 32.1. The largest absolute Gasteiger partial charge is 0.443 e. The molecule has 0 unspecified atom stereocenters. The van der Waals surface area contributed by atoms with Crippen molar-refractivity contribution in [1.82, 2.24) is 10.4 Å². The summed E-state index contributed by atoms with van der Waals surface area (Å²) in [6, 6.07) is 18.2. The van der Waals surface area contributed by atoms with Gasteiger partial charge in [0.2, 0.25) is 0 Å². The summed E-state index contributed by atoms with van der Waals surface area (Å²) in [5, 5.41) is 0. The number of nitrogens with zero attached hydrogens (tertiary/aromatic N) is 1. The monoisotopic (exact) mass is 394 g/mol. The third kappa shape index (κ3) is 5.38. The topological polar surface area (TPSA) is 67.9 Å². The van der Waals surface area contributed by atoms with Crippen LogP contribution in [0.3, 0.4) is 0 Å². The van der Waals surface area contributed by atoms with Gasteiger partial charge in [-0.15, -0.1) is 0 Å². The van der Waals surface area contributed by atoms with E-state index in [0.717, 1.165) is 17.7 Å². The molecule has 1 fully saturated rings. The quantitative estimate of drug-likeness (QED) is 0.758. The van der Waals surface area contributed by atoms with Crippen molar-refractivity contribution in [3.63, 3.8) is 0 Å². The maximum absolute atomic E-state index is 12.7. The van der Waals surface area contributed by atoms with Gasteiger partial charge in [0, 0.05) is 12.1 Å². The van der Waals surface area contributed by atoms with Gasteiger partial charge in [-0.2, -0.15) is 0 Å². The van der Waals surface area contributed by atoms with E-state index in [0.29, 0.717) is 24.2 Å². The van der Waals surface area contributed by atoms with E-state index in [9.17, 15) is 9.59 Å². The SMILES string of the molecule is CC(C)(C)OC(=O)N1CCCC1=C(NOC(=O)c1ccccc1)c1ccccc1. The predicted octanol–water partition coefficient (Wildman–Crippen LogP) is 4.75. The first kappa shape index (κ1) is 20.5. The lowest BCUT2D eigenvalue weighted by Gasteiger charge is -2.26. The van der Waals surface area contributed by atoms with Crippen molar-refractivity contribution in [2.24, 2.45) is 0 Å². The lowest BCUT2D eigenvalue weighted by atomic mass is 10.1. The lowest BCUT2D eigenvalue weighted by molar-refractivity contribution is 0.0328. The van der Waals surface area contributed by atoms with Crippen molar-refractivity contribution in [3.8, 4) is 0 Å². The second-order valence-electron chi connectivity index (χ2n) is 7.78. The van der Waals surface area contributed by atoms with E-state index in [1.807, 2.05) is 57.2 Å². The Bertz CT molecular complexity index is 886. The fourth-order valence-electron chi connectivity index (χ4n) is 3.07. The van der Waals surface area contributed by atoms with Crippen LogP contribution in [0.2, 0.25) is 0 Å². The highest BCUT2D eigenvalue weighted by Crippen LogP contribution is 2.30. The Morgan fingerprint density at radius 2 is 1.52 bits per heavy atom. The third-order valence-corrected chi connectivity index (χ3v) is 4.34. The van der Waals surface area contributed by atoms with Gasteiger partial charge >= 0.3 is 12.1 Å². The Morgan fingerprint density at radius 3 is 2.10 bits per heavy atom. The number of ether oxygens (including phenoxy) is 1. The van der Waals surface area contributed by atoms with Crippen molar-refractivity contribution in [3.05, 3.63) is 77.5 Å². The molecule has 1 saturated heterocycles. The fourth-order valence-corrected chi connectivity index (χ4v) is 3.07. The Balaban J connectivity index is 1.88. The standard InChI is InChI=1S/C23H26N2O4/c1-23(2,3)28-22(27)25-16-10-15-19(25)20(17-11-6-4-7-12-17)24-29-21(26)18-13-8-5-9-14-18/h4-9,11-14,24H,10,15-16H2,1-3H3. The Kier molecular flexibility index (Phi) is 6.22. The van der Waals surface area contributed by atoms with Crippen LogP contribution < -0.4 is 5.48 Å². The molecule has 2 aromatic rings. The number of benzene rings is 2. The molecule has 2 aromatic carbocycles. The first-order valence-corrected chi connectivity index (χ1v) is 9.66. The normalized spacial score (nSPS) is 15.6. The molecular weight excluding hydrogens is 368 g/mol. The predicted molar refractivity (Wildman–Crippen MR) is 111 cm³/mol. The van der Waals surface area contributed by atoms with Crippen LogP contribution in [0.5, 0.6) is 0 Å². The van der Waals surface area contributed by atoms with Gasteiger partial charge < -0.3 is 9.57 Å². The van der Waals surface area contributed by atoms with Crippen molar-refractivity contribution >= 4 is 17.8 Å².